The molecule has 1 heterocycles. The van der Waals surface area contributed by atoms with Crippen LogP contribution >= 0.6 is 22.9 Å². The average Bonchev–Trinajstić information content (AvgIpc) is 3.12. The lowest BCUT2D eigenvalue weighted by Crippen LogP contribution is -2.14. The van der Waals surface area contributed by atoms with E-state index in [9.17, 15) is 14.4 Å². The van der Waals surface area contributed by atoms with E-state index in [0.717, 1.165) is 16.9 Å². The first-order valence-electron chi connectivity index (χ1n) is 9.50. The molecule has 0 fully saturated rings. The molecular weight excluding hydrogens is 452 g/mol. The predicted molar refractivity (Wildman–Crippen MR) is 125 cm³/mol. The Kier molecular flexibility index (Phi) is 7.17. The van der Waals surface area contributed by atoms with Crippen molar-refractivity contribution in [2.24, 2.45) is 0 Å². The van der Waals surface area contributed by atoms with E-state index >= 15 is 0 Å². The summed E-state index contributed by atoms with van der Waals surface area (Å²) in [7, 11) is 2.74. The Bertz CT molecular complexity index is 1210. The number of halogens is 1. The highest BCUT2D eigenvalue weighted by atomic mass is 35.5. The van der Waals surface area contributed by atoms with Crippen LogP contribution in [0.5, 0.6) is 5.75 Å². The van der Waals surface area contributed by atoms with Gasteiger partial charge in [0.15, 0.2) is 0 Å². The first kappa shape index (κ1) is 23.3. The minimum atomic E-state index is -0.655. The van der Waals surface area contributed by atoms with Gasteiger partial charge in [-0.15, -0.1) is 11.3 Å². The van der Waals surface area contributed by atoms with Gasteiger partial charge in [-0.3, -0.25) is 9.59 Å². The van der Waals surface area contributed by atoms with Crippen LogP contribution < -0.4 is 15.4 Å². The summed E-state index contributed by atoms with van der Waals surface area (Å²) in [5.41, 5.74) is 2.14. The van der Waals surface area contributed by atoms with Crippen LogP contribution in [-0.2, 0) is 4.74 Å². The van der Waals surface area contributed by atoms with Crippen LogP contribution in [0, 0.1) is 13.8 Å². The molecule has 7 nitrogen and oxygen atoms in total. The molecule has 0 radical (unpaired) electrons. The number of methoxy groups -OCH3 is 2. The summed E-state index contributed by atoms with van der Waals surface area (Å²) in [6.45, 7) is 3.42. The largest absolute Gasteiger partial charge is 0.497 e. The quantitative estimate of drug-likeness (QED) is 0.473. The fourth-order valence-electron chi connectivity index (χ4n) is 3.03. The van der Waals surface area contributed by atoms with Gasteiger partial charge < -0.3 is 20.1 Å². The van der Waals surface area contributed by atoms with Gasteiger partial charge in [-0.2, -0.15) is 0 Å². The van der Waals surface area contributed by atoms with Gasteiger partial charge in [-0.1, -0.05) is 23.7 Å². The minimum Gasteiger partial charge on any atom is -0.497 e. The normalized spacial score (nSPS) is 10.4. The predicted octanol–water partition coefficient (Wildman–Crippen LogP) is 5.32. The van der Waals surface area contributed by atoms with Crippen LogP contribution in [0.25, 0.3) is 0 Å². The lowest BCUT2D eigenvalue weighted by molar-refractivity contribution is 0.0601. The molecule has 0 atom stereocenters. The highest BCUT2D eigenvalue weighted by Crippen LogP contribution is 2.35. The van der Waals surface area contributed by atoms with E-state index < -0.39 is 17.8 Å². The molecule has 0 aliphatic carbocycles. The maximum atomic E-state index is 13.0. The van der Waals surface area contributed by atoms with Crippen molar-refractivity contribution >= 4 is 51.4 Å². The Balaban J connectivity index is 1.95. The Morgan fingerprint density at radius 3 is 2.34 bits per heavy atom. The Morgan fingerprint density at radius 2 is 1.66 bits per heavy atom. The summed E-state index contributed by atoms with van der Waals surface area (Å²) in [4.78, 5) is 38.5. The molecule has 0 bridgehead atoms. The molecule has 3 rings (SSSR count). The van der Waals surface area contributed by atoms with Crippen molar-refractivity contribution < 1.29 is 23.9 Å². The van der Waals surface area contributed by atoms with Crippen LogP contribution in [0.2, 0.25) is 5.02 Å². The van der Waals surface area contributed by atoms with Crippen molar-refractivity contribution in [3.8, 4) is 5.75 Å². The van der Waals surface area contributed by atoms with Crippen LogP contribution in [0.15, 0.2) is 42.5 Å². The number of amides is 2. The lowest BCUT2D eigenvalue weighted by atomic mass is 10.1. The number of esters is 1. The maximum absolute atomic E-state index is 13.0. The van der Waals surface area contributed by atoms with Crippen molar-refractivity contribution in [3.63, 3.8) is 0 Å². The van der Waals surface area contributed by atoms with Crippen LogP contribution in [0.3, 0.4) is 0 Å². The summed E-state index contributed by atoms with van der Waals surface area (Å²) in [6, 6.07) is 11.8. The van der Waals surface area contributed by atoms with Gasteiger partial charge in [0.25, 0.3) is 11.8 Å². The molecule has 0 aliphatic rings. The van der Waals surface area contributed by atoms with Crippen molar-refractivity contribution in [3.05, 3.63) is 74.6 Å². The molecule has 0 unspecified atom stereocenters. The fraction of sp³-hybridized carbons (Fsp3) is 0.174. The lowest BCUT2D eigenvalue weighted by Gasteiger charge is -2.09. The number of benzene rings is 2. The van der Waals surface area contributed by atoms with Gasteiger partial charge in [0.1, 0.15) is 10.8 Å². The van der Waals surface area contributed by atoms with Gasteiger partial charge in [-0.05, 0) is 55.3 Å². The molecule has 2 aromatic carbocycles. The summed E-state index contributed by atoms with van der Waals surface area (Å²) < 4.78 is 10.0. The van der Waals surface area contributed by atoms with E-state index in [2.05, 4.69) is 10.6 Å². The molecule has 2 amide bonds. The summed E-state index contributed by atoms with van der Waals surface area (Å²) in [6.07, 6.45) is 0. The molecule has 0 saturated carbocycles. The number of thiophene rings is 1. The second kappa shape index (κ2) is 9.84. The highest BCUT2D eigenvalue weighted by Gasteiger charge is 2.27. The van der Waals surface area contributed by atoms with E-state index in [1.165, 1.54) is 14.2 Å². The third-order valence-electron chi connectivity index (χ3n) is 4.82. The first-order chi connectivity index (χ1) is 15.3. The number of anilines is 2. The second-order valence-corrected chi connectivity index (χ2v) is 8.23. The molecule has 2 N–H and O–H groups in total. The molecule has 3 aromatic rings. The monoisotopic (exact) mass is 472 g/mol. The van der Waals surface area contributed by atoms with E-state index in [0.29, 0.717) is 27.6 Å². The van der Waals surface area contributed by atoms with Gasteiger partial charge in [-0.25, -0.2) is 4.79 Å². The Hall–Kier alpha value is -3.36. The molecule has 166 valence electrons. The molecule has 1 aromatic heterocycles. The van der Waals surface area contributed by atoms with E-state index in [4.69, 9.17) is 21.1 Å². The standard InChI is InChI=1S/C23H21ClN2O5S/c1-12-16(24)9-6-10-17(12)25-21(28)19-13(2)18(23(29)31-4)22(32-19)26-20(27)14-7-5-8-15(11-14)30-3/h5-11H,1-4H3,(H,25,28)(H,26,27). The number of carbonyl (C=O) groups is 3. The number of carbonyl (C=O) groups excluding carboxylic acids is 3. The van der Waals surface area contributed by atoms with Gasteiger partial charge in [0, 0.05) is 16.3 Å². The zero-order valence-electron chi connectivity index (χ0n) is 17.9. The second-order valence-electron chi connectivity index (χ2n) is 6.80. The van der Waals surface area contributed by atoms with Crippen molar-refractivity contribution in [2.75, 3.05) is 24.9 Å². The molecular formula is C23H21ClN2O5S. The molecule has 32 heavy (non-hydrogen) atoms. The summed E-state index contributed by atoms with van der Waals surface area (Å²) in [5, 5.41) is 6.27. The molecule has 0 spiro atoms. The fourth-order valence-corrected chi connectivity index (χ4v) is 4.29. The summed E-state index contributed by atoms with van der Waals surface area (Å²) in [5.74, 6) is -1.01. The first-order valence-corrected chi connectivity index (χ1v) is 10.7. The van der Waals surface area contributed by atoms with Crippen LogP contribution in [0.1, 0.15) is 41.5 Å². The Labute approximate surface area is 194 Å². The zero-order chi connectivity index (χ0) is 23.4. The number of hydrogen-bond acceptors (Lipinski definition) is 6. The van der Waals surface area contributed by atoms with Crippen LogP contribution in [0.4, 0.5) is 10.7 Å². The van der Waals surface area contributed by atoms with Gasteiger partial charge in [0.05, 0.1) is 24.7 Å². The number of hydrogen-bond donors (Lipinski definition) is 2. The third kappa shape index (κ3) is 4.76. The topological polar surface area (TPSA) is 93.7 Å². The SMILES string of the molecule is COC(=O)c1c(NC(=O)c2cccc(OC)c2)sc(C(=O)Nc2cccc(Cl)c2C)c1C. The van der Waals surface area contributed by atoms with Crippen molar-refractivity contribution in [1.82, 2.24) is 0 Å². The minimum absolute atomic E-state index is 0.127. The number of rotatable bonds is 6. The third-order valence-corrected chi connectivity index (χ3v) is 6.43. The Morgan fingerprint density at radius 1 is 0.938 bits per heavy atom. The number of nitrogens with one attached hydrogen (secondary N) is 2. The molecule has 9 heteroatoms. The number of ether oxygens (including phenoxy) is 2. The van der Waals surface area contributed by atoms with Gasteiger partial charge in [0.2, 0.25) is 0 Å². The van der Waals surface area contributed by atoms with Crippen LogP contribution in [-0.4, -0.2) is 32.0 Å². The molecule has 0 saturated heterocycles. The average molecular weight is 473 g/mol. The van der Waals surface area contributed by atoms with Crippen molar-refractivity contribution in [1.29, 1.82) is 0 Å². The van der Waals surface area contributed by atoms with E-state index in [-0.39, 0.29) is 15.4 Å². The highest BCUT2D eigenvalue weighted by molar-refractivity contribution is 7.19. The zero-order valence-corrected chi connectivity index (χ0v) is 19.4. The van der Waals surface area contributed by atoms with Crippen molar-refractivity contribution in [2.45, 2.75) is 13.8 Å². The van der Waals surface area contributed by atoms with E-state index in [1.807, 2.05) is 0 Å². The maximum Gasteiger partial charge on any atom is 0.341 e. The van der Waals surface area contributed by atoms with E-state index in [1.54, 1.807) is 56.3 Å². The smallest absolute Gasteiger partial charge is 0.341 e. The molecule has 0 aliphatic heterocycles. The van der Waals surface area contributed by atoms with Gasteiger partial charge >= 0.3 is 5.97 Å². The summed E-state index contributed by atoms with van der Waals surface area (Å²) >= 11 is 7.13.